The number of hydrogen-bond donors (Lipinski definition) is 1. The molecule has 18 heavy (non-hydrogen) atoms. The molecule has 0 aliphatic rings. The molecule has 1 amide bonds. The highest BCUT2D eigenvalue weighted by molar-refractivity contribution is 5.81. The van der Waals surface area contributed by atoms with Crippen LogP contribution >= 0.6 is 0 Å². The predicted molar refractivity (Wildman–Crippen MR) is 72.8 cm³/mol. The van der Waals surface area contributed by atoms with Crippen LogP contribution in [-0.2, 0) is 11.3 Å². The van der Waals surface area contributed by atoms with Gasteiger partial charge in [-0.1, -0.05) is 6.58 Å². The molecule has 1 heterocycles. The van der Waals surface area contributed by atoms with Crippen molar-refractivity contribution in [2.45, 2.75) is 33.4 Å². The molecule has 1 N–H and O–H groups in total. The molecule has 0 spiro atoms. The molecule has 5 nitrogen and oxygen atoms in total. The molecule has 0 saturated heterocycles. The summed E-state index contributed by atoms with van der Waals surface area (Å²) in [4.78, 5) is 13.8. The SMILES string of the molecule is C=Cn1cc(CNC(C)C(=O)N(CC)CC)cn1. The lowest BCUT2D eigenvalue weighted by atomic mass is 10.2. The van der Waals surface area contributed by atoms with E-state index in [1.54, 1.807) is 17.1 Å². The van der Waals surface area contributed by atoms with E-state index < -0.39 is 0 Å². The Kier molecular flexibility index (Phi) is 5.58. The average molecular weight is 250 g/mol. The molecule has 0 aliphatic heterocycles. The Morgan fingerprint density at radius 2 is 2.28 bits per heavy atom. The lowest BCUT2D eigenvalue weighted by Gasteiger charge is -2.23. The maximum absolute atomic E-state index is 12.0. The summed E-state index contributed by atoms with van der Waals surface area (Å²) < 4.78 is 1.65. The van der Waals surface area contributed by atoms with Gasteiger partial charge in [0.15, 0.2) is 0 Å². The van der Waals surface area contributed by atoms with Crippen LogP contribution in [0.15, 0.2) is 19.0 Å². The van der Waals surface area contributed by atoms with E-state index in [1.807, 2.05) is 31.9 Å². The number of rotatable bonds is 7. The van der Waals surface area contributed by atoms with Gasteiger partial charge in [-0.3, -0.25) is 4.79 Å². The average Bonchev–Trinajstić information content (AvgIpc) is 2.85. The molecule has 0 bridgehead atoms. The number of likely N-dealkylation sites (N-methyl/N-ethyl adjacent to an activating group) is 1. The molecular formula is C13H22N4O. The summed E-state index contributed by atoms with van der Waals surface area (Å²) in [5, 5.41) is 7.29. The second-order valence-corrected chi connectivity index (χ2v) is 4.12. The van der Waals surface area contributed by atoms with Gasteiger partial charge in [-0.05, 0) is 20.8 Å². The van der Waals surface area contributed by atoms with Gasteiger partial charge in [-0.25, -0.2) is 4.68 Å². The highest BCUT2D eigenvalue weighted by Crippen LogP contribution is 2.00. The van der Waals surface area contributed by atoms with Crippen LogP contribution in [0.3, 0.4) is 0 Å². The summed E-state index contributed by atoms with van der Waals surface area (Å²) in [6.07, 6.45) is 5.28. The van der Waals surface area contributed by atoms with E-state index in [1.165, 1.54) is 0 Å². The van der Waals surface area contributed by atoms with Crippen LogP contribution in [0, 0.1) is 0 Å². The number of aromatic nitrogens is 2. The Morgan fingerprint density at radius 3 is 2.78 bits per heavy atom. The summed E-state index contributed by atoms with van der Waals surface area (Å²) in [7, 11) is 0. The zero-order valence-electron chi connectivity index (χ0n) is 11.4. The second kappa shape index (κ2) is 6.96. The van der Waals surface area contributed by atoms with Gasteiger partial charge in [0.05, 0.1) is 12.2 Å². The molecule has 1 rings (SSSR count). The minimum absolute atomic E-state index is 0.135. The van der Waals surface area contributed by atoms with E-state index in [4.69, 9.17) is 0 Å². The van der Waals surface area contributed by atoms with Crippen molar-refractivity contribution in [2.24, 2.45) is 0 Å². The van der Waals surface area contributed by atoms with Crippen LogP contribution in [0.25, 0.3) is 6.20 Å². The van der Waals surface area contributed by atoms with Gasteiger partial charge < -0.3 is 10.2 Å². The van der Waals surface area contributed by atoms with Crippen LogP contribution in [0.1, 0.15) is 26.3 Å². The Hall–Kier alpha value is -1.62. The molecule has 0 saturated carbocycles. The summed E-state index contributed by atoms with van der Waals surface area (Å²) in [6.45, 7) is 11.6. The van der Waals surface area contributed by atoms with Crippen molar-refractivity contribution >= 4 is 12.1 Å². The third-order valence-corrected chi connectivity index (χ3v) is 2.90. The quantitative estimate of drug-likeness (QED) is 0.794. The van der Waals surface area contributed by atoms with Gasteiger partial charge in [0, 0.05) is 37.6 Å². The largest absolute Gasteiger partial charge is 0.342 e. The fourth-order valence-corrected chi connectivity index (χ4v) is 1.74. The Labute approximate surface area is 108 Å². The lowest BCUT2D eigenvalue weighted by Crippen LogP contribution is -2.44. The first-order valence-electron chi connectivity index (χ1n) is 6.30. The van der Waals surface area contributed by atoms with Gasteiger partial charge in [-0.2, -0.15) is 5.10 Å². The highest BCUT2D eigenvalue weighted by Gasteiger charge is 2.17. The van der Waals surface area contributed by atoms with Crippen molar-refractivity contribution in [3.8, 4) is 0 Å². The third kappa shape index (κ3) is 3.70. The fourth-order valence-electron chi connectivity index (χ4n) is 1.74. The van der Waals surface area contributed by atoms with Gasteiger partial charge in [0.1, 0.15) is 0 Å². The Bertz CT molecular complexity index is 395. The number of hydrogen-bond acceptors (Lipinski definition) is 3. The smallest absolute Gasteiger partial charge is 0.239 e. The van der Waals surface area contributed by atoms with E-state index >= 15 is 0 Å². The second-order valence-electron chi connectivity index (χ2n) is 4.12. The topological polar surface area (TPSA) is 50.2 Å². The molecular weight excluding hydrogens is 228 g/mol. The first-order valence-corrected chi connectivity index (χ1v) is 6.30. The van der Waals surface area contributed by atoms with Crippen LogP contribution < -0.4 is 5.32 Å². The third-order valence-electron chi connectivity index (χ3n) is 2.90. The predicted octanol–water partition coefficient (Wildman–Crippen LogP) is 1.33. The molecule has 0 fully saturated rings. The van der Waals surface area contributed by atoms with Crippen LogP contribution in [0.2, 0.25) is 0 Å². The van der Waals surface area contributed by atoms with Crippen molar-refractivity contribution in [3.63, 3.8) is 0 Å². The number of nitrogens with zero attached hydrogens (tertiary/aromatic N) is 3. The summed E-state index contributed by atoms with van der Waals surface area (Å²) in [5.41, 5.74) is 1.04. The Morgan fingerprint density at radius 1 is 1.61 bits per heavy atom. The van der Waals surface area contributed by atoms with Gasteiger partial charge in [0.25, 0.3) is 0 Å². The van der Waals surface area contributed by atoms with Gasteiger partial charge in [0.2, 0.25) is 5.91 Å². The van der Waals surface area contributed by atoms with E-state index in [0.717, 1.165) is 18.7 Å². The summed E-state index contributed by atoms with van der Waals surface area (Å²) in [6, 6.07) is -0.183. The zero-order valence-corrected chi connectivity index (χ0v) is 11.4. The minimum atomic E-state index is -0.183. The maximum Gasteiger partial charge on any atom is 0.239 e. The lowest BCUT2D eigenvalue weighted by molar-refractivity contribution is -0.132. The number of amides is 1. The van der Waals surface area contributed by atoms with Crippen LogP contribution in [-0.4, -0.2) is 39.7 Å². The fraction of sp³-hybridized carbons (Fsp3) is 0.538. The molecule has 0 aliphatic carbocycles. The zero-order chi connectivity index (χ0) is 13.5. The Balaban J connectivity index is 2.47. The minimum Gasteiger partial charge on any atom is -0.342 e. The molecule has 1 atom stereocenters. The van der Waals surface area contributed by atoms with Crippen LogP contribution in [0.4, 0.5) is 0 Å². The van der Waals surface area contributed by atoms with Gasteiger partial charge in [-0.15, -0.1) is 0 Å². The van der Waals surface area contributed by atoms with Crippen LogP contribution in [0.5, 0.6) is 0 Å². The van der Waals surface area contributed by atoms with Crippen molar-refractivity contribution in [2.75, 3.05) is 13.1 Å². The molecule has 1 aromatic rings. The normalized spacial score (nSPS) is 12.2. The van der Waals surface area contributed by atoms with E-state index in [-0.39, 0.29) is 11.9 Å². The first kappa shape index (κ1) is 14.4. The molecule has 5 heteroatoms. The molecule has 100 valence electrons. The standard InChI is InChI=1S/C13H22N4O/c1-5-16(6-2)13(18)11(4)14-8-12-9-15-17(7-3)10-12/h7,9-11,14H,3,5-6,8H2,1-2,4H3. The molecule has 1 unspecified atom stereocenters. The molecule has 0 radical (unpaired) electrons. The van der Waals surface area contributed by atoms with Crippen molar-refractivity contribution < 1.29 is 4.79 Å². The number of carbonyl (C=O) groups excluding carboxylic acids is 1. The van der Waals surface area contributed by atoms with Crippen molar-refractivity contribution in [1.29, 1.82) is 0 Å². The first-order chi connectivity index (χ1) is 8.62. The number of nitrogens with one attached hydrogen (secondary N) is 1. The van der Waals surface area contributed by atoms with Gasteiger partial charge >= 0.3 is 0 Å². The monoisotopic (exact) mass is 250 g/mol. The van der Waals surface area contributed by atoms with Crippen molar-refractivity contribution in [3.05, 3.63) is 24.5 Å². The molecule has 0 aromatic carbocycles. The maximum atomic E-state index is 12.0. The highest BCUT2D eigenvalue weighted by atomic mass is 16.2. The molecule has 1 aromatic heterocycles. The van der Waals surface area contributed by atoms with E-state index in [0.29, 0.717) is 6.54 Å². The summed E-state index contributed by atoms with van der Waals surface area (Å²) >= 11 is 0. The summed E-state index contributed by atoms with van der Waals surface area (Å²) in [5.74, 6) is 0.135. The van der Waals surface area contributed by atoms with Crippen molar-refractivity contribution in [1.82, 2.24) is 20.0 Å². The van der Waals surface area contributed by atoms with E-state index in [2.05, 4.69) is 17.0 Å². The van der Waals surface area contributed by atoms with E-state index in [9.17, 15) is 4.79 Å². The number of carbonyl (C=O) groups is 1.